The van der Waals surface area contributed by atoms with Crippen LogP contribution in [-0.2, 0) is 10.2 Å². The van der Waals surface area contributed by atoms with Crippen LogP contribution < -0.4 is 0 Å². The first kappa shape index (κ1) is 19.2. The van der Waals surface area contributed by atoms with Gasteiger partial charge >= 0.3 is 5.97 Å². The summed E-state index contributed by atoms with van der Waals surface area (Å²) in [6, 6.07) is 28.4. The summed E-state index contributed by atoms with van der Waals surface area (Å²) in [5.74, 6) is -0.776. The Morgan fingerprint density at radius 2 is 1.38 bits per heavy atom. The Morgan fingerprint density at radius 1 is 0.897 bits per heavy atom. The van der Waals surface area contributed by atoms with E-state index in [1.165, 1.54) is 11.1 Å². The van der Waals surface area contributed by atoms with E-state index >= 15 is 0 Å². The van der Waals surface area contributed by atoms with Crippen LogP contribution in [0.5, 0.6) is 0 Å². The van der Waals surface area contributed by atoms with Crippen LogP contribution in [0.25, 0.3) is 5.57 Å². The average Bonchev–Trinajstić information content (AvgIpc) is 2.71. The lowest BCUT2D eigenvalue weighted by Gasteiger charge is -2.51. The molecule has 1 heterocycles. The zero-order valence-corrected chi connectivity index (χ0v) is 16.6. The molecule has 0 unspecified atom stereocenters. The van der Waals surface area contributed by atoms with Gasteiger partial charge in [0.05, 0.1) is 6.04 Å². The summed E-state index contributed by atoms with van der Waals surface area (Å²) in [5, 5.41) is 10.2. The Morgan fingerprint density at radius 3 is 1.86 bits per heavy atom. The van der Waals surface area contributed by atoms with E-state index in [4.69, 9.17) is 0 Å². The molecule has 0 bridgehead atoms. The molecular formula is C26H25NO2. The van der Waals surface area contributed by atoms with Crippen molar-refractivity contribution in [2.75, 3.05) is 13.1 Å². The monoisotopic (exact) mass is 383 g/mol. The van der Waals surface area contributed by atoms with Crippen molar-refractivity contribution in [1.29, 1.82) is 0 Å². The lowest BCUT2D eigenvalue weighted by Crippen LogP contribution is -2.64. The molecule has 1 fully saturated rings. The van der Waals surface area contributed by atoms with E-state index in [-0.39, 0.29) is 6.04 Å². The molecule has 0 saturated carbocycles. The molecule has 0 atom stereocenters. The van der Waals surface area contributed by atoms with Crippen molar-refractivity contribution in [3.8, 4) is 0 Å². The third kappa shape index (κ3) is 3.39. The summed E-state index contributed by atoms with van der Waals surface area (Å²) in [6.07, 6.45) is 0. The van der Waals surface area contributed by atoms with Crippen LogP contribution in [-0.4, -0.2) is 29.1 Å². The van der Waals surface area contributed by atoms with Gasteiger partial charge < -0.3 is 5.11 Å². The Bertz CT molecular complexity index is 981. The van der Waals surface area contributed by atoms with Crippen LogP contribution in [0.4, 0.5) is 0 Å². The number of hydrogen-bond acceptors (Lipinski definition) is 2. The highest BCUT2D eigenvalue weighted by molar-refractivity contribution is 5.86. The quantitative estimate of drug-likeness (QED) is 0.640. The van der Waals surface area contributed by atoms with E-state index in [2.05, 4.69) is 35.7 Å². The van der Waals surface area contributed by atoms with Gasteiger partial charge in [0.1, 0.15) is 5.41 Å². The summed E-state index contributed by atoms with van der Waals surface area (Å²) in [4.78, 5) is 14.7. The van der Waals surface area contributed by atoms with Crippen LogP contribution in [0.3, 0.4) is 0 Å². The van der Waals surface area contributed by atoms with Gasteiger partial charge in [0.15, 0.2) is 0 Å². The van der Waals surface area contributed by atoms with Gasteiger partial charge in [0.25, 0.3) is 0 Å². The standard InChI is InChI=1S/C26H25NO2/c1-19(2)22-15-9-10-16-23(22)26(25(28)29)17-27(18-26)24(20-11-5-3-6-12-20)21-13-7-4-8-14-21/h3-16,24H,1,17-18H2,2H3,(H,28,29). The largest absolute Gasteiger partial charge is 0.481 e. The van der Waals surface area contributed by atoms with Crippen LogP contribution in [0.15, 0.2) is 91.5 Å². The van der Waals surface area contributed by atoms with Crippen molar-refractivity contribution in [2.24, 2.45) is 0 Å². The Balaban J connectivity index is 1.73. The first-order valence-corrected chi connectivity index (χ1v) is 9.86. The molecule has 146 valence electrons. The molecule has 1 aliphatic rings. The molecule has 4 rings (SSSR count). The molecule has 0 spiro atoms. The molecule has 0 radical (unpaired) electrons. The van der Waals surface area contributed by atoms with Crippen LogP contribution in [0, 0.1) is 0 Å². The zero-order chi connectivity index (χ0) is 20.4. The van der Waals surface area contributed by atoms with Crippen molar-refractivity contribution >= 4 is 11.5 Å². The second kappa shape index (κ2) is 7.69. The number of benzene rings is 3. The predicted molar refractivity (Wildman–Crippen MR) is 117 cm³/mol. The van der Waals surface area contributed by atoms with E-state index in [1.807, 2.05) is 67.6 Å². The average molecular weight is 383 g/mol. The maximum absolute atomic E-state index is 12.5. The van der Waals surface area contributed by atoms with Gasteiger partial charge in [-0.2, -0.15) is 0 Å². The van der Waals surface area contributed by atoms with E-state index in [0.717, 1.165) is 16.7 Å². The predicted octanol–water partition coefficient (Wildman–Crippen LogP) is 5.15. The number of carbonyl (C=O) groups is 1. The number of allylic oxidation sites excluding steroid dienone is 1. The van der Waals surface area contributed by atoms with Crippen molar-refractivity contribution in [2.45, 2.75) is 18.4 Å². The number of carboxylic acid groups (broad SMARTS) is 1. The lowest BCUT2D eigenvalue weighted by atomic mass is 9.70. The SMILES string of the molecule is C=C(C)c1ccccc1C1(C(=O)O)CN(C(c2ccccc2)c2ccccc2)C1. The number of hydrogen-bond donors (Lipinski definition) is 1. The zero-order valence-electron chi connectivity index (χ0n) is 16.6. The highest BCUT2D eigenvalue weighted by Gasteiger charge is 2.53. The first-order chi connectivity index (χ1) is 14.0. The van der Waals surface area contributed by atoms with Gasteiger partial charge in [-0.25, -0.2) is 0 Å². The molecule has 1 N–H and O–H groups in total. The Labute approximate surface area is 171 Å². The topological polar surface area (TPSA) is 40.5 Å². The van der Waals surface area contributed by atoms with E-state index in [0.29, 0.717) is 13.1 Å². The minimum Gasteiger partial charge on any atom is -0.481 e. The summed E-state index contributed by atoms with van der Waals surface area (Å²) >= 11 is 0. The molecule has 3 aromatic carbocycles. The Hall–Kier alpha value is -3.17. The number of carboxylic acids is 1. The van der Waals surface area contributed by atoms with Gasteiger partial charge in [-0.1, -0.05) is 97.1 Å². The van der Waals surface area contributed by atoms with Crippen molar-refractivity contribution in [3.05, 3.63) is 114 Å². The number of likely N-dealkylation sites (tertiary alicyclic amines) is 1. The fourth-order valence-electron chi connectivity index (χ4n) is 4.41. The molecule has 0 aliphatic carbocycles. The highest BCUT2D eigenvalue weighted by atomic mass is 16.4. The second-order valence-corrected chi connectivity index (χ2v) is 7.84. The van der Waals surface area contributed by atoms with Gasteiger partial charge in [-0.05, 0) is 29.2 Å². The van der Waals surface area contributed by atoms with Crippen molar-refractivity contribution in [3.63, 3.8) is 0 Å². The molecule has 0 amide bonds. The molecule has 29 heavy (non-hydrogen) atoms. The summed E-state index contributed by atoms with van der Waals surface area (Å²) in [5.41, 5.74) is 4.11. The van der Waals surface area contributed by atoms with E-state index < -0.39 is 11.4 Å². The molecule has 3 nitrogen and oxygen atoms in total. The van der Waals surface area contributed by atoms with Crippen molar-refractivity contribution in [1.82, 2.24) is 4.90 Å². The lowest BCUT2D eigenvalue weighted by molar-refractivity contribution is -0.152. The van der Waals surface area contributed by atoms with Crippen LogP contribution in [0.1, 0.15) is 35.2 Å². The molecule has 3 heteroatoms. The number of nitrogens with zero attached hydrogens (tertiary/aromatic N) is 1. The van der Waals surface area contributed by atoms with Gasteiger partial charge in [0.2, 0.25) is 0 Å². The number of rotatable bonds is 6. The van der Waals surface area contributed by atoms with Gasteiger partial charge in [0, 0.05) is 13.1 Å². The smallest absolute Gasteiger partial charge is 0.316 e. The minimum absolute atomic E-state index is 0.0295. The summed E-state index contributed by atoms with van der Waals surface area (Å²) < 4.78 is 0. The number of aliphatic carboxylic acids is 1. The third-order valence-corrected chi connectivity index (χ3v) is 5.85. The molecule has 1 saturated heterocycles. The second-order valence-electron chi connectivity index (χ2n) is 7.84. The first-order valence-electron chi connectivity index (χ1n) is 9.86. The summed E-state index contributed by atoms with van der Waals surface area (Å²) in [7, 11) is 0. The molecule has 1 aliphatic heterocycles. The molecular weight excluding hydrogens is 358 g/mol. The third-order valence-electron chi connectivity index (χ3n) is 5.85. The molecule has 0 aromatic heterocycles. The van der Waals surface area contributed by atoms with Gasteiger partial charge in [-0.3, -0.25) is 9.69 Å². The van der Waals surface area contributed by atoms with Crippen LogP contribution >= 0.6 is 0 Å². The fraction of sp³-hybridized carbons (Fsp3) is 0.192. The van der Waals surface area contributed by atoms with Crippen molar-refractivity contribution < 1.29 is 9.90 Å². The maximum atomic E-state index is 12.5. The summed E-state index contributed by atoms with van der Waals surface area (Å²) in [6.45, 7) is 6.91. The van der Waals surface area contributed by atoms with E-state index in [9.17, 15) is 9.90 Å². The Kier molecular flexibility index (Phi) is 5.08. The normalized spacial score (nSPS) is 15.7. The van der Waals surface area contributed by atoms with Gasteiger partial charge in [-0.15, -0.1) is 0 Å². The highest BCUT2D eigenvalue weighted by Crippen LogP contribution is 2.44. The minimum atomic E-state index is -0.919. The molecule has 3 aromatic rings. The maximum Gasteiger partial charge on any atom is 0.316 e. The van der Waals surface area contributed by atoms with Crippen LogP contribution in [0.2, 0.25) is 0 Å². The van der Waals surface area contributed by atoms with E-state index in [1.54, 1.807) is 0 Å². The fourth-order valence-corrected chi connectivity index (χ4v) is 4.41.